The summed E-state index contributed by atoms with van der Waals surface area (Å²) in [5.41, 5.74) is 2.74. The number of hydrogen-bond acceptors (Lipinski definition) is 1. The van der Waals surface area contributed by atoms with E-state index < -0.39 is 0 Å². The second kappa shape index (κ2) is 4.08. The largest absolute Gasteiger partial charge is 0.291 e. The number of rotatable bonds is 2. The van der Waals surface area contributed by atoms with Crippen LogP contribution in [0.15, 0.2) is 23.4 Å². The average molecular weight is 137 g/mol. The van der Waals surface area contributed by atoms with Crippen molar-refractivity contribution in [1.82, 2.24) is 0 Å². The Balaban J connectivity index is 3.67. The van der Waals surface area contributed by atoms with Gasteiger partial charge in [-0.15, -0.1) is 5.73 Å². The highest BCUT2D eigenvalue weighted by molar-refractivity contribution is 5.59. The maximum Gasteiger partial charge on any atom is 0.0520 e. The van der Waals surface area contributed by atoms with Crippen LogP contribution in [0.5, 0.6) is 0 Å². The van der Waals surface area contributed by atoms with Crippen molar-refractivity contribution in [3.8, 4) is 0 Å². The van der Waals surface area contributed by atoms with E-state index in [4.69, 9.17) is 0 Å². The quantitative estimate of drug-likeness (QED) is 0.410. The molecule has 0 aromatic rings. The van der Waals surface area contributed by atoms with Crippen LogP contribution < -0.4 is 0 Å². The molecular weight excluding hydrogens is 122 g/mol. The fourth-order valence-electron chi connectivity index (χ4n) is 0.463. The molecule has 56 valence electrons. The Kier molecular flexibility index (Phi) is 3.75. The van der Waals surface area contributed by atoms with Crippen LogP contribution in [0, 0.1) is 0 Å². The first-order valence-corrected chi connectivity index (χ1v) is 3.44. The highest BCUT2D eigenvalue weighted by Gasteiger charge is 2.03. The third kappa shape index (κ3) is 7.19. The van der Waals surface area contributed by atoms with Gasteiger partial charge in [-0.25, -0.2) is 0 Å². The Morgan fingerprint density at radius 2 is 2.10 bits per heavy atom. The molecule has 0 aromatic heterocycles. The molecule has 0 radical (unpaired) electrons. The average Bonchev–Trinajstić information content (AvgIpc) is 1.78. The summed E-state index contributed by atoms with van der Waals surface area (Å²) in [6, 6.07) is 0. The molecule has 0 unspecified atom stereocenters. The molecule has 1 nitrogen and oxygen atoms in total. The summed E-state index contributed by atoms with van der Waals surface area (Å²) < 4.78 is 0. The molecule has 1 heteroatoms. The SMILES string of the molecule is C=C=CCC=NC(C)(C)C. The standard InChI is InChI=1S/C9H15N/c1-5-6-7-8-10-9(2,3)4/h6,8H,1,7H2,2-4H3. The molecule has 10 heavy (non-hydrogen) atoms. The molecule has 0 saturated carbocycles. The van der Waals surface area contributed by atoms with Gasteiger partial charge in [0.15, 0.2) is 0 Å². The topological polar surface area (TPSA) is 12.4 Å². The van der Waals surface area contributed by atoms with E-state index in [1.807, 2.05) is 12.3 Å². The van der Waals surface area contributed by atoms with Crippen molar-refractivity contribution in [2.24, 2.45) is 4.99 Å². The minimum absolute atomic E-state index is 0.0506. The van der Waals surface area contributed by atoms with Crippen molar-refractivity contribution in [3.63, 3.8) is 0 Å². The molecule has 0 saturated heterocycles. The molecule has 0 aliphatic rings. The lowest BCUT2D eigenvalue weighted by atomic mass is 10.1. The molecule has 0 fully saturated rings. The summed E-state index contributed by atoms with van der Waals surface area (Å²) in [6.07, 6.45) is 4.58. The fraction of sp³-hybridized carbons (Fsp3) is 0.556. The van der Waals surface area contributed by atoms with Crippen LogP contribution in [0.3, 0.4) is 0 Å². The highest BCUT2D eigenvalue weighted by Crippen LogP contribution is 2.04. The van der Waals surface area contributed by atoms with Crippen LogP contribution in [-0.2, 0) is 0 Å². The van der Waals surface area contributed by atoms with Gasteiger partial charge in [0.25, 0.3) is 0 Å². The van der Waals surface area contributed by atoms with Crippen LogP contribution in [0.1, 0.15) is 27.2 Å². The van der Waals surface area contributed by atoms with E-state index in [9.17, 15) is 0 Å². The minimum Gasteiger partial charge on any atom is -0.291 e. The van der Waals surface area contributed by atoms with Gasteiger partial charge in [0.2, 0.25) is 0 Å². The summed E-state index contributed by atoms with van der Waals surface area (Å²) >= 11 is 0. The number of allylic oxidation sites excluding steroid dienone is 1. The molecule has 0 aliphatic carbocycles. The van der Waals surface area contributed by atoms with E-state index in [1.165, 1.54) is 0 Å². The lowest BCUT2D eigenvalue weighted by Crippen LogP contribution is -2.09. The highest BCUT2D eigenvalue weighted by atomic mass is 14.8. The van der Waals surface area contributed by atoms with E-state index in [-0.39, 0.29) is 5.54 Å². The maximum absolute atomic E-state index is 4.27. The Morgan fingerprint density at radius 1 is 1.50 bits per heavy atom. The first-order valence-electron chi connectivity index (χ1n) is 3.44. The van der Waals surface area contributed by atoms with Crippen LogP contribution >= 0.6 is 0 Å². The van der Waals surface area contributed by atoms with E-state index in [0.29, 0.717) is 0 Å². The second-order valence-corrected chi connectivity index (χ2v) is 3.13. The van der Waals surface area contributed by atoms with Gasteiger partial charge >= 0.3 is 0 Å². The summed E-state index contributed by atoms with van der Waals surface area (Å²) in [6.45, 7) is 9.66. The molecular formula is C9H15N. The number of hydrogen-bond donors (Lipinski definition) is 0. The van der Waals surface area contributed by atoms with Crippen LogP contribution in [0.4, 0.5) is 0 Å². The lowest BCUT2D eigenvalue weighted by Gasteiger charge is -2.09. The third-order valence-electron chi connectivity index (χ3n) is 0.846. The second-order valence-electron chi connectivity index (χ2n) is 3.13. The maximum atomic E-state index is 4.27. The minimum atomic E-state index is 0.0506. The Morgan fingerprint density at radius 3 is 2.50 bits per heavy atom. The predicted octanol–water partition coefficient (Wildman–Crippen LogP) is 2.59. The Labute approximate surface area is 63.2 Å². The van der Waals surface area contributed by atoms with Gasteiger partial charge in [0.1, 0.15) is 0 Å². The first kappa shape index (κ1) is 9.19. The van der Waals surface area contributed by atoms with E-state index in [0.717, 1.165) is 6.42 Å². The molecule has 0 N–H and O–H groups in total. The smallest absolute Gasteiger partial charge is 0.0520 e. The van der Waals surface area contributed by atoms with Crippen molar-refractivity contribution in [3.05, 3.63) is 18.4 Å². The molecule has 0 rings (SSSR count). The van der Waals surface area contributed by atoms with Crippen molar-refractivity contribution < 1.29 is 0 Å². The van der Waals surface area contributed by atoms with E-state index >= 15 is 0 Å². The Hall–Kier alpha value is -0.810. The van der Waals surface area contributed by atoms with Crippen LogP contribution in [0.2, 0.25) is 0 Å². The normalized spacial score (nSPS) is 11.5. The molecule has 0 amide bonds. The number of aliphatic imine (C=N–C) groups is 1. The van der Waals surface area contributed by atoms with Crippen molar-refractivity contribution in [1.29, 1.82) is 0 Å². The van der Waals surface area contributed by atoms with Gasteiger partial charge < -0.3 is 0 Å². The predicted molar refractivity (Wildman–Crippen MR) is 46.6 cm³/mol. The molecule has 0 heterocycles. The lowest BCUT2D eigenvalue weighted by molar-refractivity contribution is 0.585. The van der Waals surface area contributed by atoms with E-state index in [1.54, 1.807) is 0 Å². The van der Waals surface area contributed by atoms with Gasteiger partial charge in [0, 0.05) is 12.6 Å². The zero-order chi connectivity index (χ0) is 8.04. The van der Waals surface area contributed by atoms with Gasteiger partial charge in [-0.05, 0) is 26.8 Å². The molecule has 0 aliphatic heterocycles. The van der Waals surface area contributed by atoms with Gasteiger partial charge in [-0.3, -0.25) is 4.99 Å². The Bertz CT molecular complexity index is 154. The zero-order valence-electron chi connectivity index (χ0n) is 7.02. The summed E-state index contributed by atoms with van der Waals surface area (Å²) in [7, 11) is 0. The van der Waals surface area contributed by atoms with Gasteiger partial charge in [0.05, 0.1) is 5.54 Å². The van der Waals surface area contributed by atoms with Crippen molar-refractivity contribution in [2.75, 3.05) is 0 Å². The van der Waals surface area contributed by atoms with Crippen LogP contribution in [-0.4, -0.2) is 11.8 Å². The third-order valence-corrected chi connectivity index (χ3v) is 0.846. The first-order chi connectivity index (χ1) is 4.56. The molecule has 0 bridgehead atoms. The number of nitrogens with zero attached hydrogens (tertiary/aromatic N) is 1. The summed E-state index contributed by atoms with van der Waals surface area (Å²) in [5, 5.41) is 0. The van der Waals surface area contributed by atoms with E-state index in [2.05, 4.69) is 38.1 Å². The summed E-state index contributed by atoms with van der Waals surface area (Å²) in [5.74, 6) is 0. The molecule has 0 spiro atoms. The summed E-state index contributed by atoms with van der Waals surface area (Å²) in [4.78, 5) is 4.27. The zero-order valence-corrected chi connectivity index (χ0v) is 7.02. The van der Waals surface area contributed by atoms with Crippen molar-refractivity contribution >= 4 is 6.21 Å². The monoisotopic (exact) mass is 137 g/mol. The fourth-order valence-corrected chi connectivity index (χ4v) is 0.463. The van der Waals surface area contributed by atoms with Crippen molar-refractivity contribution in [2.45, 2.75) is 32.7 Å². The van der Waals surface area contributed by atoms with Gasteiger partial charge in [-0.1, -0.05) is 6.58 Å². The molecule has 0 atom stereocenters. The molecule has 0 aromatic carbocycles. The van der Waals surface area contributed by atoms with Crippen LogP contribution in [0.25, 0.3) is 0 Å². The van der Waals surface area contributed by atoms with Gasteiger partial charge in [-0.2, -0.15) is 0 Å².